The van der Waals surface area contributed by atoms with Crippen molar-refractivity contribution >= 4 is 38.3 Å². The van der Waals surface area contributed by atoms with Crippen LogP contribution in [0.5, 0.6) is 0 Å². The van der Waals surface area contributed by atoms with Gasteiger partial charge in [-0.1, -0.05) is 29.8 Å². The van der Waals surface area contributed by atoms with E-state index < -0.39 is 0 Å². The van der Waals surface area contributed by atoms with Crippen molar-refractivity contribution in [3.63, 3.8) is 0 Å². The summed E-state index contributed by atoms with van der Waals surface area (Å²) < 4.78 is 1.00. The number of Topliss-reactive ketones (excluding diaryl/α,β-unsaturated/α-hetero) is 1. The van der Waals surface area contributed by atoms with Gasteiger partial charge in [0.05, 0.1) is 16.8 Å². The van der Waals surface area contributed by atoms with Gasteiger partial charge in [0.15, 0.2) is 5.78 Å². The number of halogens is 1. The molecule has 0 unspecified atom stereocenters. The van der Waals surface area contributed by atoms with Gasteiger partial charge in [0.25, 0.3) is 0 Å². The molecule has 3 rings (SSSR count). The number of hydrogen-bond donors (Lipinski definition) is 1. The molecule has 1 N–H and O–H groups in total. The van der Waals surface area contributed by atoms with Crippen LogP contribution in [0.1, 0.15) is 56.3 Å². The van der Waals surface area contributed by atoms with Crippen molar-refractivity contribution < 1.29 is 4.79 Å². The van der Waals surface area contributed by atoms with Gasteiger partial charge < -0.3 is 10.2 Å². The van der Waals surface area contributed by atoms with E-state index in [0.29, 0.717) is 24.4 Å². The normalized spacial score (nSPS) is 20.4. The molecular formula is C22H30BrN3O. The smallest absolute Gasteiger partial charge is 0.166 e. The van der Waals surface area contributed by atoms with E-state index in [4.69, 9.17) is 0 Å². The zero-order chi connectivity index (χ0) is 19.6. The average molecular weight is 432 g/mol. The van der Waals surface area contributed by atoms with E-state index in [9.17, 15) is 4.79 Å². The summed E-state index contributed by atoms with van der Waals surface area (Å²) in [5, 5.41) is 4.76. The molecule has 5 heteroatoms. The Labute approximate surface area is 170 Å². The van der Waals surface area contributed by atoms with E-state index in [-0.39, 0.29) is 5.78 Å². The Bertz CT molecular complexity index is 811. The molecular weight excluding hydrogens is 402 g/mol. The lowest BCUT2D eigenvalue weighted by atomic mass is 9.89. The van der Waals surface area contributed by atoms with Gasteiger partial charge in [-0.25, -0.2) is 0 Å². The fourth-order valence-electron chi connectivity index (χ4n) is 3.95. The van der Waals surface area contributed by atoms with Crippen LogP contribution in [-0.2, 0) is 0 Å². The van der Waals surface area contributed by atoms with Crippen molar-refractivity contribution in [3.8, 4) is 0 Å². The van der Waals surface area contributed by atoms with Gasteiger partial charge in [-0.15, -0.1) is 0 Å². The number of ketones is 1. The summed E-state index contributed by atoms with van der Waals surface area (Å²) in [5.74, 6) is 0.503. The molecule has 1 aromatic heterocycles. The lowest BCUT2D eigenvalue weighted by molar-refractivity contribution is 0.0968. The van der Waals surface area contributed by atoms with Gasteiger partial charge in [-0.2, -0.15) is 0 Å². The van der Waals surface area contributed by atoms with Crippen molar-refractivity contribution in [1.29, 1.82) is 0 Å². The first kappa shape index (κ1) is 20.3. The first-order valence-electron chi connectivity index (χ1n) is 9.89. The molecule has 1 saturated carbocycles. The van der Waals surface area contributed by atoms with Crippen LogP contribution in [0, 0.1) is 5.92 Å². The van der Waals surface area contributed by atoms with E-state index >= 15 is 0 Å². The summed E-state index contributed by atoms with van der Waals surface area (Å²) in [4.78, 5) is 19.8. The number of carbonyl (C=O) groups is 1. The van der Waals surface area contributed by atoms with Gasteiger partial charge in [-0.05, 0) is 63.9 Å². The number of anilines is 1. The molecule has 1 aliphatic carbocycles. The minimum absolute atomic E-state index is 0.170. The lowest BCUT2D eigenvalue weighted by Gasteiger charge is -2.34. The third-order valence-electron chi connectivity index (χ3n) is 5.50. The third kappa shape index (κ3) is 4.88. The summed E-state index contributed by atoms with van der Waals surface area (Å²) >= 11 is 3.57. The fraction of sp³-hybridized carbons (Fsp3) is 0.545. The van der Waals surface area contributed by atoms with E-state index in [2.05, 4.69) is 65.1 Å². The van der Waals surface area contributed by atoms with Crippen LogP contribution in [0.3, 0.4) is 0 Å². The van der Waals surface area contributed by atoms with Crippen molar-refractivity contribution in [2.24, 2.45) is 5.92 Å². The molecule has 1 aromatic carbocycles. The zero-order valence-electron chi connectivity index (χ0n) is 16.8. The number of benzene rings is 1. The Morgan fingerprint density at radius 1 is 1.26 bits per heavy atom. The van der Waals surface area contributed by atoms with Crippen molar-refractivity contribution in [1.82, 2.24) is 9.88 Å². The van der Waals surface area contributed by atoms with Crippen molar-refractivity contribution in [2.75, 3.05) is 19.4 Å². The monoisotopic (exact) mass is 431 g/mol. The molecule has 146 valence electrons. The van der Waals surface area contributed by atoms with Gasteiger partial charge in [0.2, 0.25) is 0 Å². The van der Waals surface area contributed by atoms with Crippen LogP contribution in [0.15, 0.2) is 28.9 Å². The first-order valence-corrected chi connectivity index (χ1v) is 10.7. The molecule has 1 fully saturated rings. The number of nitrogens with zero attached hydrogens (tertiary/aromatic N) is 2. The first-order chi connectivity index (χ1) is 12.8. The summed E-state index contributed by atoms with van der Waals surface area (Å²) in [5.41, 5.74) is 2.60. The second-order valence-electron chi connectivity index (χ2n) is 8.34. The predicted octanol–water partition coefficient (Wildman–Crippen LogP) is 5.51. The largest absolute Gasteiger partial charge is 0.381 e. The Kier molecular flexibility index (Phi) is 6.53. The van der Waals surface area contributed by atoms with Gasteiger partial charge in [0.1, 0.15) is 0 Å². The Hall–Kier alpha value is -1.46. The van der Waals surface area contributed by atoms with Gasteiger partial charge in [0, 0.05) is 34.6 Å². The molecule has 0 amide bonds. The second kappa shape index (κ2) is 8.70. The molecule has 1 aliphatic rings. The minimum Gasteiger partial charge on any atom is -0.381 e. The van der Waals surface area contributed by atoms with E-state index in [1.165, 1.54) is 12.8 Å². The number of fused-ring (bicyclic) bond motifs is 1. The zero-order valence-corrected chi connectivity index (χ0v) is 18.3. The van der Waals surface area contributed by atoms with Crippen LogP contribution in [0.2, 0.25) is 0 Å². The van der Waals surface area contributed by atoms with Gasteiger partial charge in [-0.3, -0.25) is 9.78 Å². The molecule has 0 saturated heterocycles. The molecule has 1 heterocycles. The average Bonchev–Trinajstić information content (AvgIpc) is 2.62. The SMILES string of the molecule is CC(C)CC(=O)c1cnc2ccc(Br)cc2c1NC1CCC(N(C)C)CC1. The maximum Gasteiger partial charge on any atom is 0.166 e. The summed E-state index contributed by atoms with van der Waals surface area (Å²) in [6, 6.07) is 7.13. The number of carbonyl (C=O) groups excluding carboxylic acids is 1. The molecule has 4 nitrogen and oxygen atoms in total. The molecule has 0 bridgehead atoms. The van der Waals surface area contributed by atoms with Crippen molar-refractivity contribution in [3.05, 3.63) is 34.4 Å². The highest BCUT2D eigenvalue weighted by Gasteiger charge is 2.25. The standard InChI is InChI=1S/C22H30BrN3O/c1-14(2)11-21(27)19-13-24-20-10-5-15(23)12-18(20)22(19)25-16-6-8-17(9-7-16)26(3)4/h5,10,12-14,16-17H,6-9,11H2,1-4H3,(H,24,25). The number of aromatic nitrogens is 1. The van der Waals surface area contributed by atoms with E-state index in [0.717, 1.165) is 39.5 Å². The molecule has 0 atom stereocenters. The number of pyridine rings is 1. The Morgan fingerprint density at radius 2 is 1.96 bits per heavy atom. The van der Waals surface area contributed by atoms with Crippen LogP contribution >= 0.6 is 15.9 Å². The second-order valence-corrected chi connectivity index (χ2v) is 9.26. The maximum atomic E-state index is 12.9. The van der Waals surface area contributed by atoms with E-state index in [1.807, 2.05) is 12.1 Å². The summed E-state index contributed by atoms with van der Waals surface area (Å²) in [6.45, 7) is 4.16. The fourth-order valence-corrected chi connectivity index (χ4v) is 4.31. The van der Waals surface area contributed by atoms with E-state index in [1.54, 1.807) is 6.20 Å². The lowest BCUT2D eigenvalue weighted by Crippen LogP contribution is -2.36. The molecule has 0 aliphatic heterocycles. The Balaban J connectivity index is 1.93. The van der Waals surface area contributed by atoms with Crippen molar-refractivity contribution in [2.45, 2.75) is 58.0 Å². The molecule has 27 heavy (non-hydrogen) atoms. The maximum absolute atomic E-state index is 12.9. The number of rotatable bonds is 6. The number of hydrogen-bond acceptors (Lipinski definition) is 4. The highest BCUT2D eigenvalue weighted by molar-refractivity contribution is 9.10. The highest BCUT2D eigenvalue weighted by Crippen LogP contribution is 2.33. The predicted molar refractivity (Wildman–Crippen MR) is 117 cm³/mol. The molecule has 0 spiro atoms. The molecule has 2 aromatic rings. The highest BCUT2D eigenvalue weighted by atomic mass is 79.9. The summed E-state index contributed by atoms with van der Waals surface area (Å²) in [7, 11) is 4.32. The van der Waals surface area contributed by atoms with Crippen LogP contribution < -0.4 is 5.32 Å². The number of nitrogens with one attached hydrogen (secondary N) is 1. The van der Waals surface area contributed by atoms with Gasteiger partial charge >= 0.3 is 0 Å². The third-order valence-corrected chi connectivity index (χ3v) is 5.99. The molecule has 0 radical (unpaired) electrons. The van der Waals surface area contributed by atoms with Crippen LogP contribution in [-0.4, -0.2) is 41.8 Å². The Morgan fingerprint density at radius 3 is 2.59 bits per heavy atom. The minimum atomic E-state index is 0.170. The quantitative estimate of drug-likeness (QED) is 0.612. The van der Waals surface area contributed by atoms with Crippen LogP contribution in [0.25, 0.3) is 10.9 Å². The van der Waals surface area contributed by atoms with Crippen LogP contribution in [0.4, 0.5) is 5.69 Å². The topological polar surface area (TPSA) is 45.2 Å². The summed E-state index contributed by atoms with van der Waals surface area (Å²) in [6.07, 6.45) is 6.92.